The zero-order valence-electron chi connectivity index (χ0n) is 18.4. The summed E-state index contributed by atoms with van der Waals surface area (Å²) >= 11 is 0. The first kappa shape index (κ1) is 21.3. The normalized spacial score (nSPS) is 22.7. The third-order valence-corrected chi connectivity index (χ3v) is 7.26. The molecule has 0 bridgehead atoms. The predicted octanol–water partition coefficient (Wildman–Crippen LogP) is 3.87. The lowest BCUT2D eigenvalue weighted by atomic mass is 9.84. The molecule has 2 aromatic carbocycles. The van der Waals surface area contributed by atoms with Gasteiger partial charge in [-0.15, -0.1) is 0 Å². The molecule has 0 spiro atoms. The fourth-order valence-corrected chi connectivity index (χ4v) is 5.44. The highest BCUT2D eigenvalue weighted by Gasteiger charge is 2.47. The van der Waals surface area contributed by atoms with Crippen molar-refractivity contribution in [2.75, 3.05) is 26.4 Å². The Bertz CT molecular complexity index is 940. The Morgan fingerprint density at radius 1 is 1.12 bits per heavy atom. The van der Waals surface area contributed by atoms with Gasteiger partial charge in [-0.05, 0) is 68.3 Å². The lowest BCUT2D eigenvalue weighted by molar-refractivity contribution is -0.175. The van der Waals surface area contributed by atoms with Crippen molar-refractivity contribution in [2.24, 2.45) is 5.92 Å². The third-order valence-electron chi connectivity index (χ3n) is 7.26. The Balaban J connectivity index is 1.19. The molecule has 0 unspecified atom stereocenters. The smallest absolute Gasteiger partial charge is 0.340 e. The molecule has 3 aliphatic rings. The van der Waals surface area contributed by atoms with Crippen LogP contribution in [0.5, 0.6) is 11.5 Å². The molecular formula is C26H31NO5. The van der Waals surface area contributed by atoms with E-state index in [0.717, 1.165) is 69.7 Å². The van der Waals surface area contributed by atoms with E-state index in [0.29, 0.717) is 18.3 Å². The van der Waals surface area contributed by atoms with E-state index in [9.17, 15) is 9.90 Å². The molecule has 1 saturated carbocycles. The molecule has 32 heavy (non-hydrogen) atoms. The maximum Gasteiger partial charge on any atom is 0.340 e. The highest BCUT2D eigenvalue weighted by atomic mass is 16.7. The lowest BCUT2D eigenvalue weighted by Gasteiger charge is -2.36. The van der Waals surface area contributed by atoms with E-state index in [1.807, 2.05) is 24.3 Å². The van der Waals surface area contributed by atoms with E-state index in [2.05, 4.69) is 17.0 Å². The molecule has 170 valence electrons. The lowest BCUT2D eigenvalue weighted by Crippen LogP contribution is -2.42. The molecular weight excluding hydrogens is 406 g/mol. The fourth-order valence-electron chi connectivity index (χ4n) is 5.44. The molecule has 2 atom stereocenters. The zero-order valence-corrected chi connectivity index (χ0v) is 18.4. The second kappa shape index (κ2) is 9.12. The van der Waals surface area contributed by atoms with Gasteiger partial charge in [0.2, 0.25) is 6.79 Å². The molecule has 5 rings (SSSR count). The van der Waals surface area contributed by atoms with Crippen LogP contribution in [0, 0.1) is 5.92 Å². The maximum absolute atomic E-state index is 12.8. The van der Waals surface area contributed by atoms with Crippen molar-refractivity contribution in [3.63, 3.8) is 0 Å². The van der Waals surface area contributed by atoms with Gasteiger partial charge in [-0.2, -0.15) is 0 Å². The number of carbonyl (C=O) groups is 1. The van der Waals surface area contributed by atoms with E-state index < -0.39 is 17.7 Å². The molecule has 0 amide bonds. The van der Waals surface area contributed by atoms with E-state index in [-0.39, 0.29) is 0 Å². The summed E-state index contributed by atoms with van der Waals surface area (Å²) in [5.41, 5.74) is 1.38. The van der Waals surface area contributed by atoms with Gasteiger partial charge in [-0.3, -0.25) is 0 Å². The van der Waals surface area contributed by atoms with Crippen molar-refractivity contribution in [2.45, 2.75) is 50.2 Å². The number of fused-ring (bicyclic) bond motifs is 1. The van der Waals surface area contributed by atoms with Gasteiger partial charge in [-0.1, -0.05) is 36.4 Å². The molecule has 0 radical (unpaired) electrons. The molecule has 2 fully saturated rings. The number of nitrogens with zero attached hydrogens (tertiary/aromatic N) is 1. The Kier molecular flexibility index (Phi) is 6.07. The molecule has 2 aromatic rings. The van der Waals surface area contributed by atoms with Crippen LogP contribution < -0.4 is 9.47 Å². The van der Waals surface area contributed by atoms with Gasteiger partial charge in [0.1, 0.15) is 5.60 Å². The van der Waals surface area contributed by atoms with Gasteiger partial charge in [0.05, 0.1) is 0 Å². The minimum absolute atomic E-state index is 0.298. The number of likely N-dealkylation sites (tertiary alicyclic amines) is 1. The van der Waals surface area contributed by atoms with E-state index in [4.69, 9.17) is 14.2 Å². The van der Waals surface area contributed by atoms with Gasteiger partial charge in [0, 0.05) is 19.0 Å². The van der Waals surface area contributed by atoms with Gasteiger partial charge >= 0.3 is 5.97 Å². The van der Waals surface area contributed by atoms with Crippen LogP contribution in [0.15, 0.2) is 48.5 Å². The molecule has 2 heterocycles. The Morgan fingerprint density at radius 3 is 2.72 bits per heavy atom. The SMILES string of the molecule is O=C(OC1([C@H]2CCN(CCc3ccc4c(c3)OCO4)C2)CCCC1)[C@H](O)c1ccccc1. The van der Waals surface area contributed by atoms with Gasteiger partial charge in [0.25, 0.3) is 0 Å². The van der Waals surface area contributed by atoms with Gasteiger partial charge < -0.3 is 24.2 Å². The Morgan fingerprint density at radius 2 is 1.91 bits per heavy atom. The number of aliphatic hydroxyl groups is 1. The maximum atomic E-state index is 12.8. The monoisotopic (exact) mass is 437 g/mol. The second-order valence-corrected chi connectivity index (χ2v) is 9.23. The number of esters is 1. The molecule has 6 nitrogen and oxygen atoms in total. The van der Waals surface area contributed by atoms with Crippen LogP contribution in [0.2, 0.25) is 0 Å². The second-order valence-electron chi connectivity index (χ2n) is 9.23. The third kappa shape index (κ3) is 4.34. The fraction of sp³-hybridized carbons (Fsp3) is 0.500. The summed E-state index contributed by atoms with van der Waals surface area (Å²) in [5, 5.41) is 10.5. The van der Waals surface area contributed by atoms with Gasteiger partial charge in [-0.25, -0.2) is 4.79 Å². The molecule has 2 aliphatic heterocycles. The standard InChI is InChI=1S/C26H31NO5/c28-24(20-6-2-1-3-7-20)25(29)32-26(12-4-5-13-26)21-11-15-27(17-21)14-10-19-8-9-22-23(16-19)31-18-30-22/h1-3,6-9,16,21,24,28H,4-5,10-15,17-18H2/t21-,24+/m0/s1. The largest absolute Gasteiger partial charge is 0.457 e. The van der Waals surface area contributed by atoms with E-state index >= 15 is 0 Å². The summed E-state index contributed by atoms with van der Waals surface area (Å²) < 4.78 is 17.0. The number of carbonyl (C=O) groups excluding carboxylic acids is 1. The van der Waals surface area contributed by atoms with Gasteiger partial charge in [0.15, 0.2) is 17.6 Å². The quantitative estimate of drug-likeness (QED) is 0.664. The zero-order chi connectivity index (χ0) is 22.0. The summed E-state index contributed by atoms with van der Waals surface area (Å²) in [4.78, 5) is 15.3. The topological polar surface area (TPSA) is 68.2 Å². The van der Waals surface area contributed by atoms with Crippen LogP contribution in [0.25, 0.3) is 0 Å². The average molecular weight is 438 g/mol. The van der Waals surface area contributed by atoms with Crippen LogP contribution in [-0.2, 0) is 16.0 Å². The van der Waals surface area contributed by atoms with Crippen LogP contribution >= 0.6 is 0 Å². The summed E-state index contributed by atoms with van der Waals surface area (Å²) in [6.45, 7) is 3.20. The number of ether oxygens (including phenoxy) is 3. The van der Waals surface area contributed by atoms with Crippen LogP contribution in [0.1, 0.15) is 49.3 Å². The number of aliphatic hydroxyl groups excluding tert-OH is 1. The number of benzene rings is 2. The highest BCUT2D eigenvalue weighted by molar-refractivity contribution is 5.76. The molecule has 1 N–H and O–H groups in total. The molecule has 1 saturated heterocycles. The first-order valence-electron chi connectivity index (χ1n) is 11.7. The van der Waals surface area contributed by atoms with Crippen LogP contribution in [0.4, 0.5) is 0 Å². The first-order chi connectivity index (χ1) is 15.6. The molecule has 0 aromatic heterocycles. The summed E-state index contributed by atoms with van der Waals surface area (Å²) in [6, 6.07) is 15.2. The van der Waals surface area contributed by atoms with E-state index in [1.54, 1.807) is 12.1 Å². The Hall–Kier alpha value is -2.57. The van der Waals surface area contributed by atoms with Crippen molar-refractivity contribution in [1.29, 1.82) is 0 Å². The van der Waals surface area contributed by atoms with Crippen LogP contribution in [-0.4, -0.2) is 48.0 Å². The minimum Gasteiger partial charge on any atom is -0.457 e. The number of hydrogen-bond acceptors (Lipinski definition) is 6. The number of hydrogen-bond donors (Lipinski definition) is 1. The summed E-state index contributed by atoms with van der Waals surface area (Å²) in [6.07, 6.45) is 4.67. The van der Waals surface area contributed by atoms with Crippen molar-refractivity contribution >= 4 is 5.97 Å². The average Bonchev–Trinajstić information content (AvgIpc) is 3.58. The summed E-state index contributed by atoms with van der Waals surface area (Å²) in [7, 11) is 0. The van der Waals surface area contributed by atoms with Crippen LogP contribution in [0.3, 0.4) is 0 Å². The van der Waals surface area contributed by atoms with Crippen molar-refractivity contribution in [3.05, 3.63) is 59.7 Å². The van der Waals surface area contributed by atoms with Crippen molar-refractivity contribution < 1.29 is 24.1 Å². The van der Waals surface area contributed by atoms with Crippen molar-refractivity contribution in [3.8, 4) is 11.5 Å². The highest BCUT2D eigenvalue weighted by Crippen LogP contribution is 2.44. The number of rotatable bonds is 7. The van der Waals surface area contributed by atoms with E-state index in [1.165, 1.54) is 5.56 Å². The predicted molar refractivity (Wildman–Crippen MR) is 120 cm³/mol. The first-order valence-corrected chi connectivity index (χ1v) is 11.7. The Labute approximate surface area is 189 Å². The molecule has 1 aliphatic carbocycles. The van der Waals surface area contributed by atoms with Crippen molar-refractivity contribution in [1.82, 2.24) is 4.90 Å². The minimum atomic E-state index is -1.22. The molecule has 6 heteroatoms. The summed E-state index contributed by atoms with van der Waals surface area (Å²) in [5.74, 6) is 1.44.